The van der Waals surface area contributed by atoms with Crippen LogP contribution in [0.15, 0.2) is 57.9 Å². The maximum atomic E-state index is 14.4. The minimum Gasteiger partial charge on any atom is -0.330 e. The highest BCUT2D eigenvalue weighted by atomic mass is 79.9. The summed E-state index contributed by atoms with van der Waals surface area (Å²) < 4.78 is 44.2. The van der Waals surface area contributed by atoms with Crippen LogP contribution >= 0.6 is 15.9 Å². The number of carbonyl (C=O) groups excluding carboxylic acids is 1. The first kappa shape index (κ1) is 29.5. The van der Waals surface area contributed by atoms with Crippen molar-refractivity contribution in [3.63, 3.8) is 0 Å². The Morgan fingerprint density at radius 3 is 2.53 bits per heavy atom. The van der Waals surface area contributed by atoms with E-state index in [4.69, 9.17) is 5.10 Å². The molecule has 45 heavy (non-hydrogen) atoms. The number of nitrogens with zero attached hydrogens (tertiary/aromatic N) is 6. The fraction of sp³-hybridized carbons (Fsp3) is 0.344. The van der Waals surface area contributed by atoms with E-state index >= 15 is 0 Å². The average molecular weight is 681 g/mol. The van der Waals surface area contributed by atoms with Crippen molar-refractivity contribution in [1.82, 2.24) is 34.5 Å². The number of aryl methyl sites for hydroxylation is 1. The Morgan fingerprint density at radius 2 is 1.89 bits per heavy atom. The summed E-state index contributed by atoms with van der Waals surface area (Å²) >= 11 is 2.95. The molecule has 1 N–H and O–H groups in total. The van der Waals surface area contributed by atoms with E-state index in [1.807, 2.05) is 31.2 Å². The van der Waals surface area contributed by atoms with Gasteiger partial charge in [0, 0.05) is 32.8 Å². The summed E-state index contributed by atoms with van der Waals surface area (Å²) in [6.45, 7) is 3.71. The second-order valence-corrected chi connectivity index (χ2v) is 12.8. The molecule has 1 fully saturated rings. The van der Waals surface area contributed by atoms with Crippen LogP contribution in [0.2, 0.25) is 0 Å². The zero-order valence-electron chi connectivity index (χ0n) is 24.5. The molecule has 9 nitrogen and oxygen atoms in total. The number of aromatic nitrogens is 6. The van der Waals surface area contributed by atoms with Crippen molar-refractivity contribution >= 4 is 27.5 Å². The fourth-order valence-electron chi connectivity index (χ4n) is 6.42. The van der Waals surface area contributed by atoms with Crippen molar-refractivity contribution in [3.05, 3.63) is 97.1 Å². The van der Waals surface area contributed by atoms with Gasteiger partial charge in [0.1, 0.15) is 5.65 Å². The van der Waals surface area contributed by atoms with Crippen LogP contribution in [0.25, 0.3) is 22.6 Å². The first-order valence-corrected chi connectivity index (χ1v) is 15.6. The van der Waals surface area contributed by atoms with Crippen LogP contribution in [0, 0.1) is 12.8 Å². The van der Waals surface area contributed by atoms with E-state index in [0.29, 0.717) is 28.5 Å². The number of H-pyrrole nitrogens is 1. The van der Waals surface area contributed by atoms with Gasteiger partial charge >= 0.3 is 6.18 Å². The van der Waals surface area contributed by atoms with Gasteiger partial charge in [-0.25, -0.2) is 4.52 Å². The molecule has 0 bridgehead atoms. The molecule has 1 unspecified atom stereocenters. The lowest BCUT2D eigenvalue weighted by Crippen LogP contribution is -2.46. The number of hydrogen-bond acceptors (Lipinski definition) is 5. The van der Waals surface area contributed by atoms with Gasteiger partial charge in [-0.2, -0.15) is 18.3 Å². The largest absolute Gasteiger partial charge is 0.417 e. The number of fused-ring (bicyclic) bond motifs is 3. The molecule has 0 radical (unpaired) electrons. The third kappa shape index (κ3) is 5.06. The Balaban J connectivity index is 1.33. The van der Waals surface area contributed by atoms with Crippen LogP contribution < -0.4 is 5.56 Å². The predicted octanol–water partition coefficient (Wildman–Crippen LogP) is 6.29. The van der Waals surface area contributed by atoms with E-state index in [2.05, 4.69) is 31.3 Å². The summed E-state index contributed by atoms with van der Waals surface area (Å²) in [5.41, 5.74) is 4.63. The molecule has 1 aliphatic heterocycles. The maximum absolute atomic E-state index is 14.4. The van der Waals surface area contributed by atoms with Crippen LogP contribution in [0.3, 0.4) is 0 Å². The number of benzene rings is 2. The summed E-state index contributed by atoms with van der Waals surface area (Å²) in [5.74, 6) is -0.0290. The van der Waals surface area contributed by atoms with Crippen molar-refractivity contribution in [2.75, 3.05) is 0 Å². The standard InChI is InChI=1S/C32H29BrF3N7O2/c1-17-12-24-27(16-41(17)30(44)21-8-11-26(33)25(14-21)32(34,35)36)43-29(22(15-37-43)13-19-4-3-5-19)42(31(24)45)23-9-6-20(7-10-23)28-18(2)38-40-39-28/h6-11,14-15,17,19H,3-5,12-13,16H2,1-2H3,(H,38,39,40). The minimum absolute atomic E-state index is 0.0366. The molecular weight excluding hydrogens is 651 g/mol. The summed E-state index contributed by atoms with van der Waals surface area (Å²) in [7, 11) is 0. The highest BCUT2D eigenvalue weighted by Gasteiger charge is 2.36. The van der Waals surface area contributed by atoms with Gasteiger partial charge in [0.05, 0.1) is 41.1 Å². The number of carbonyl (C=O) groups is 1. The van der Waals surface area contributed by atoms with E-state index in [1.54, 1.807) is 22.2 Å². The molecule has 2 aromatic carbocycles. The molecule has 1 saturated carbocycles. The normalized spacial score (nSPS) is 17.0. The summed E-state index contributed by atoms with van der Waals surface area (Å²) in [4.78, 5) is 29.6. The Hall–Kier alpha value is -4.26. The lowest BCUT2D eigenvalue weighted by atomic mass is 9.81. The van der Waals surface area contributed by atoms with E-state index < -0.39 is 23.7 Å². The molecule has 1 atom stereocenters. The van der Waals surface area contributed by atoms with Crippen molar-refractivity contribution in [2.24, 2.45) is 5.92 Å². The van der Waals surface area contributed by atoms with Crippen LogP contribution in [0.1, 0.15) is 64.6 Å². The first-order chi connectivity index (χ1) is 21.5. The smallest absolute Gasteiger partial charge is 0.330 e. The Morgan fingerprint density at radius 1 is 1.13 bits per heavy atom. The quantitative estimate of drug-likeness (QED) is 0.235. The molecule has 13 heteroatoms. The van der Waals surface area contributed by atoms with E-state index in [1.165, 1.54) is 23.5 Å². The van der Waals surface area contributed by atoms with Gasteiger partial charge < -0.3 is 4.90 Å². The van der Waals surface area contributed by atoms with Crippen molar-refractivity contribution in [2.45, 2.75) is 64.7 Å². The molecule has 0 saturated heterocycles. The number of alkyl halides is 3. The lowest BCUT2D eigenvalue weighted by molar-refractivity contribution is -0.138. The second kappa shape index (κ2) is 11.0. The number of rotatable bonds is 5. The molecule has 0 spiro atoms. The Bertz CT molecular complexity index is 2010. The highest BCUT2D eigenvalue weighted by molar-refractivity contribution is 9.10. The van der Waals surface area contributed by atoms with Gasteiger partial charge in [0.2, 0.25) is 0 Å². The van der Waals surface area contributed by atoms with E-state index in [9.17, 15) is 22.8 Å². The van der Waals surface area contributed by atoms with Crippen LogP contribution in [0.5, 0.6) is 0 Å². The SMILES string of the molecule is Cc1nn[nH]c1-c1ccc(-n2c(=O)c3c(n4ncc(CC5CCC5)c24)CN(C(=O)c2ccc(Br)c(C(F)(F)F)c2)C(C)C3)cc1. The highest BCUT2D eigenvalue weighted by Crippen LogP contribution is 2.37. The zero-order valence-corrected chi connectivity index (χ0v) is 26.1. The average Bonchev–Trinajstić information content (AvgIpc) is 3.61. The number of halogens is 4. The molecule has 232 valence electrons. The number of hydrogen-bond donors (Lipinski definition) is 1. The van der Waals surface area contributed by atoms with Gasteiger partial charge in [-0.15, -0.1) is 5.10 Å². The molecule has 1 aliphatic carbocycles. The van der Waals surface area contributed by atoms with Crippen LogP contribution in [-0.4, -0.2) is 46.4 Å². The van der Waals surface area contributed by atoms with Gasteiger partial charge in [-0.1, -0.05) is 52.5 Å². The number of aromatic amines is 1. The fourth-order valence-corrected chi connectivity index (χ4v) is 6.89. The van der Waals surface area contributed by atoms with Gasteiger partial charge in [0.15, 0.2) is 0 Å². The van der Waals surface area contributed by atoms with Gasteiger partial charge in [-0.3, -0.25) is 19.3 Å². The zero-order chi connectivity index (χ0) is 31.6. The van der Waals surface area contributed by atoms with Crippen molar-refractivity contribution < 1.29 is 18.0 Å². The summed E-state index contributed by atoms with van der Waals surface area (Å²) in [5, 5.41) is 15.5. The van der Waals surface area contributed by atoms with E-state index in [-0.39, 0.29) is 28.6 Å². The minimum atomic E-state index is -4.62. The number of amides is 1. The molecule has 4 heterocycles. The van der Waals surface area contributed by atoms with Gasteiger partial charge in [0.25, 0.3) is 11.5 Å². The maximum Gasteiger partial charge on any atom is 0.417 e. The van der Waals surface area contributed by atoms with Crippen LogP contribution in [0.4, 0.5) is 13.2 Å². The molecule has 1 amide bonds. The first-order valence-electron chi connectivity index (χ1n) is 14.8. The third-order valence-corrected chi connectivity index (χ3v) is 9.79. The van der Waals surface area contributed by atoms with Crippen LogP contribution in [-0.2, 0) is 25.6 Å². The predicted molar refractivity (Wildman–Crippen MR) is 164 cm³/mol. The molecule has 7 rings (SSSR count). The molecular formula is C32H29BrF3N7O2. The van der Waals surface area contributed by atoms with Crippen molar-refractivity contribution in [3.8, 4) is 16.9 Å². The summed E-state index contributed by atoms with van der Waals surface area (Å²) in [6, 6.07) is 10.7. The summed E-state index contributed by atoms with van der Waals surface area (Å²) in [6.07, 6.45) is 1.59. The molecule has 3 aromatic heterocycles. The topological polar surface area (TPSA) is 101 Å². The second-order valence-electron chi connectivity index (χ2n) is 12.0. The lowest BCUT2D eigenvalue weighted by Gasteiger charge is -2.35. The molecule has 5 aromatic rings. The van der Waals surface area contributed by atoms with Crippen molar-refractivity contribution in [1.29, 1.82) is 0 Å². The van der Waals surface area contributed by atoms with Gasteiger partial charge in [-0.05, 0) is 62.9 Å². The third-order valence-electron chi connectivity index (χ3n) is 9.10. The number of nitrogens with one attached hydrogen (secondary N) is 1. The monoisotopic (exact) mass is 679 g/mol. The van der Waals surface area contributed by atoms with E-state index in [0.717, 1.165) is 47.8 Å². The molecule has 2 aliphatic rings. The Kier molecular flexibility index (Phi) is 7.18. The Labute approximate surface area is 264 Å².